The molecule has 1 aliphatic heterocycles. The quantitative estimate of drug-likeness (QED) is 0.911. The van der Waals surface area contributed by atoms with Crippen molar-refractivity contribution in [2.24, 2.45) is 5.92 Å². The molecule has 2 nitrogen and oxygen atoms in total. The summed E-state index contributed by atoms with van der Waals surface area (Å²) in [5, 5.41) is 3.44. The van der Waals surface area contributed by atoms with Gasteiger partial charge >= 0.3 is 0 Å². The first-order valence-electron chi connectivity index (χ1n) is 6.90. The molecule has 1 heterocycles. The number of halogens is 2. The largest absolute Gasteiger partial charge is 0.319 e. The van der Waals surface area contributed by atoms with Crippen LogP contribution >= 0.6 is 11.6 Å². The van der Waals surface area contributed by atoms with E-state index in [2.05, 4.69) is 24.1 Å². The van der Waals surface area contributed by atoms with Gasteiger partial charge in [0.25, 0.3) is 0 Å². The normalized spacial score (nSPS) is 24.3. The number of nitrogens with zero attached hydrogens (tertiary/aromatic N) is 1. The van der Waals surface area contributed by atoms with Gasteiger partial charge in [0.2, 0.25) is 0 Å². The second kappa shape index (κ2) is 6.21. The molecule has 0 aromatic heterocycles. The van der Waals surface area contributed by atoms with Gasteiger partial charge in [-0.05, 0) is 52.4 Å². The first-order valence-corrected chi connectivity index (χ1v) is 7.28. The van der Waals surface area contributed by atoms with Crippen LogP contribution in [0.2, 0.25) is 5.02 Å². The van der Waals surface area contributed by atoms with Gasteiger partial charge < -0.3 is 5.32 Å². The molecular formula is C15H22ClFN2. The van der Waals surface area contributed by atoms with Crippen molar-refractivity contribution in [2.45, 2.75) is 32.4 Å². The van der Waals surface area contributed by atoms with Gasteiger partial charge in [-0.25, -0.2) is 4.39 Å². The maximum absolute atomic E-state index is 14.3. The number of hydrogen-bond acceptors (Lipinski definition) is 2. The van der Waals surface area contributed by atoms with Gasteiger partial charge in [-0.3, -0.25) is 4.90 Å². The van der Waals surface area contributed by atoms with E-state index >= 15 is 0 Å². The lowest BCUT2D eigenvalue weighted by molar-refractivity contribution is 0.179. The molecule has 1 aromatic carbocycles. The van der Waals surface area contributed by atoms with E-state index in [1.165, 1.54) is 0 Å². The van der Waals surface area contributed by atoms with E-state index in [4.69, 9.17) is 11.6 Å². The highest BCUT2D eigenvalue weighted by Gasteiger charge is 2.37. The molecule has 2 unspecified atom stereocenters. The Hall–Kier alpha value is -0.640. The summed E-state index contributed by atoms with van der Waals surface area (Å²) in [5.74, 6) is 0.170. The summed E-state index contributed by atoms with van der Waals surface area (Å²) in [7, 11) is 1.95. The van der Waals surface area contributed by atoms with Gasteiger partial charge in [-0.1, -0.05) is 23.7 Å². The predicted octanol–water partition coefficient (Wildman–Crippen LogP) is 3.47. The van der Waals surface area contributed by atoms with Crippen LogP contribution in [0.4, 0.5) is 4.39 Å². The molecule has 1 saturated heterocycles. The Morgan fingerprint density at radius 1 is 1.47 bits per heavy atom. The Kier molecular flexibility index (Phi) is 4.82. The van der Waals surface area contributed by atoms with Gasteiger partial charge in [0, 0.05) is 17.6 Å². The summed E-state index contributed by atoms with van der Waals surface area (Å²) >= 11 is 5.94. The SMILES string of the molecule is CNCC1CCN(C(C)C)C1c1cccc(Cl)c1F. The number of hydrogen-bond donors (Lipinski definition) is 1. The van der Waals surface area contributed by atoms with E-state index in [0.717, 1.165) is 25.1 Å². The average Bonchev–Trinajstić information content (AvgIpc) is 2.77. The predicted molar refractivity (Wildman–Crippen MR) is 78.0 cm³/mol. The van der Waals surface area contributed by atoms with E-state index in [1.807, 2.05) is 19.2 Å². The fraction of sp³-hybridized carbons (Fsp3) is 0.600. The number of nitrogens with one attached hydrogen (secondary N) is 1. The molecule has 0 radical (unpaired) electrons. The zero-order chi connectivity index (χ0) is 14.0. The van der Waals surface area contributed by atoms with Crippen molar-refractivity contribution in [3.05, 3.63) is 34.6 Å². The minimum absolute atomic E-state index is 0.117. The molecule has 1 N–H and O–H groups in total. The zero-order valence-electron chi connectivity index (χ0n) is 11.8. The Labute approximate surface area is 119 Å². The molecule has 4 heteroatoms. The molecule has 0 bridgehead atoms. The third kappa shape index (κ3) is 2.93. The lowest BCUT2D eigenvalue weighted by Crippen LogP contribution is -2.34. The third-order valence-corrected chi connectivity index (χ3v) is 4.28. The average molecular weight is 285 g/mol. The molecule has 2 rings (SSSR count). The molecule has 19 heavy (non-hydrogen) atoms. The topological polar surface area (TPSA) is 15.3 Å². The van der Waals surface area contributed by atoms with E-state index in [9.17, 15) is 4.39 Å². The molecule has 1 aromatic rings. The maximum Gasteiger partial charge on any atom is 0.146 e. The van der Waals surface area contributed by atoms with Crippen LogP contribution in [-0.2, 0) is 0 Å². The Bertz CT molecular complexity index is 436. The van der Waals surface area contributed by atoms with Crippen LogP contribution < -0.4 is 5.32 Å². The summed E-state index contributed by atoms with van der Waals surface area (Å²) < 4.78 is 14.3. The monoisotopic (exact) mass is 284 g/mol. The summed E-state index contributed by atoms with van der Waals surface area (Å²) in [5.41, 5.74) is 0.735. The van der Waals surface area contributed by atoms with Crippen molar-refractivity contribution in [3.63, 3.8) is 0 Å². The minimum atomic E-state index is -0.261. The molecule has 106 valence electrons. The zero-order valence-corrected chi connectivity index (χ0v) is 12.5. The molecule has 0 spiro atoms. The smallest absolute Gasteiger partial charge is 0.146 e. The van der Waals surface area contributed by atoms with Gasteiger partial charge in [-0.2, -0.15) is 0 Å². The van der Waals surface area contributed by atoms with Gasteiger partial charge in [0.1, 0.15) is 5.82 Å². The van der Waals surface area contributed by atoms with Crippen molar-refractivity contribution >= 4 is 11.6 Å². The lowest BCUT2D eigenvalue weighted by Gasteiger charge is -2.32. The van der Waals surface area contributed by atoms with E-state index < -0.39 is 0 Å². The summed E-state index contributed by atoms with van der Waals surface area (Å²) in [6.07, 6.45) is 1.09. The van der Waals surface area contributed by atoms with E-state index in [1.54, 1.807) is 6.07 Å². The van der Waals surface area contributed by atoms with Crippen molar-refractivity contribution < 1.29 is 4.39 Å². The van der Waals surface area contributed by atoms with Crippen molar-refractivity contribution in [3.8, 4) is 0 Å². The standard InChI is InChI=1S/C15H22ClFN2/c1-10(2)19-8-7-11(9-18-3)15(19)12-5-4-6-13(16)14(12)17/h4-6,10-11,15,18H,7-9H2,1-3H3. The third-order valence-electron chi connectivity index (χ3n) is 3.99. The highest BCUT2D eigenvalue weighted by atomic mass is 35.5. The second-order valence-corrected chi connectivity index (χ2v) is 5.93. The fourth-order valence-corrected chi connectivity index (χ4v) is 3.30. The van der Waals surface area contributed by atoms with E-state index in [-0.39, 0.29) is 16.9 Å². The Morgan fingerprint density at radius 2 is 2.21 bits per heavy atom. The van der Waals surface area contributed by atoms with Crippen LogP contribution in [0, 0.1) is 11.7 Å². The van der Waals surface area contributed by atoms with Gasteiger partial charge in [0.15, 0.2) is 0 Å². The van der Waals surface area contributed by atoms with Gasteiger partial charge in [0.05, 0.1) is 5.02 Å². The maximum atomic E-state index is 14.3. The van der Waals surface area contributed by atoms with Crippen LogP contribution in [0.5, 0.6) is 0 Å². The first kappa shape index (κ1) is 14.8. The highest BCUT2D eigenvalue weighted by molar-refractivity contribution is 6.30. The van der Waals surface area contributed by atoms with Crippen LogP contribution in [-0.4, -0.2) is 31.1 Å². The highest BCUT2D eigenvalue weighted by Crippen LogP contribution is 2.40. The number of benzene rings is 1. The first-order chi connectivity index (χ1) is 9.06. The molecule has 0 amide bonds. The van der Waals surface area contributed by atoms with Gasteiger partial charge in [-0.15, -0.1) is 0 Å². The van der Waals surface area contributed by atoms with E-state index in [0.29, 0.717) is 12.0 Å². The van der Waals surface area contributed by atoms with Crippen LogP contribution in [0.3, 0.4) is 0 Å². The van der Waals surface area contributed by atoms with Crippen molar-refractivity contribution in [1.29, 1.82) is 0 Å². The summed E-state index contributed by atoms with van der Waals surface area (Å²) in [6.45, 7) is 6.24. The van der Waals surface area contributed by atoms with Crippen LogP contribution in [0.25, 0.3) is 0 Å². The minimum Gasteiger partial charge on any atom is -0.319 e. The molecule has 0 aliphatic carbocycles. The summed E-state index contributed by atoms with van der Waals surface area (Å²) in [4.78, 5) is 2.37. The fourth-order valence-electron chi connectivity index (χ4n) is 3.12. The van der Waals surface area contributed by atoms with Crippen molar-refractivity contribution in [1.82, 2.24) is 10.2 Å². The number of rotatable bonds is 4. The Morgan fingerprint density at radius 3 is 2.84 bits per heavy atom. The molecular weight excluding hydrogens is 263 g/mol. The van der Waals surface area contributed by atoms with Crippen LogP contribution in [0.1, 0.15) is 31.9 Å². The second-order valence-electron chi connectivity index (χ2n) is 5.53. The number of likely N-dealkylation sites (tertiary alicyclic amines) is 1. The molecule has 1 aliphatic rings. The lowest BCUT2D eigenvalue weighted by atomic mass is 9.92. The summed E-state index contributed by atoms with van der Waals surface area (Å²) in [6, 6.07) is 5.85. The van der Waals surface area contributed by atoms with Crippen molar-refractivity contribution in [2.75, 3.05) is 20.1 Å². The van der Waals surface area contributed by atoms with Crippen LogP contribution in [0.15, 0.2) is 18.2 Å². The Balaban J connectivity index is 2.37. The molecule has 0 saturated carbocycles. The molecule has 1 fully saturated rings. The molecule has 2 atom stereocenters.